The first-order valence-corrected chi connectivity index (χ1v) is 9.11. The lowest BCUT2D eigenvalue weighted by atomic mass is 10.2. The lowest BCUT2D eigenvalue weighted by molar-refractivity contribution is 0.0697. The summed E-state index contributed by atoms with van der Waals surface area (Å²) in [5.74, 6) is -1.38. The highest BCUT2D eigenvalue weighted by Gasteiger charge is 2.21. The molecular formula is C16H16ClN3O5S. The van der Waals surface area contributed by atoms with E-state index in [9.17, 15) is 18.3 Å². The number of carbonyl (C=O) groups is 1. The van der Waals surface area contributed by atoms with Gasteiger partial charge in [0, 0.05) is 11.2 Å². The van der Waals surface area contributed by atoms with Crippen molar-refractivity contribution in [3.05, 3.63) is 52.5 Å². The summed E-state index contributed by atoms with van der Waals surface area (Å²) in [6, 6.07) is 8.26. The molecule has 10 heteroatoms. The molecule has 0 aliphatic heterocycles. The van der Waals surface area contributed by atoms with Gasteiger partial charge in [-0.1, -0.05) is 11.6 Å². The largest absolute Gasteiger partial charge is 0.478 e. The van der Waals surface area contributed by atoms with Crippen LogP contribution < -0.4 is 10.5 Å². The summed E-state index contributed by atoms with van der Waals surface area (Å²) in [5, 5.41) is 15.2. The summed E-state index contributed by atoms with van der Waals surface area (Å²) in [7, 11) is -4.54. The van der Waals surface area contributed by atoms with Crippen molar-refractivity contribution in [2.24, 2.45) is 5.10 Å². The number of halogens is 1. The molecule has 0 saturated carbocycles. The molecule has 138 valence electrons. The fourth-order valence-corrected chi connectivity index (χ4v) is 2.90. The predicted molar refractivity (Wildman–Crippen MR) is 99.7 cm³/mol. The molecule has 26 heavy (non-hydrogen) atoms. The van der Waals surface area contributed by atoms with Gasteiger partial charge in [0.05, 0.1) is 21.8 Å². The van der Waals surface area contributed by atoms with Crippen LogP contribution in [0.4, 0.5) is 11.4 Å². The fourth-order valence-electron chi connectivity index (χ4n) is 2.16. The van der Waals surface area contributed by atoms with Crippen molar-refractivity contribution < 1.29 is 22.9 Å². The number of carboxylic acids is 1. The molecule has 2 rings (SSSR count). The van der Waals surface area contributed by atoms with E-state index >= 15 is 0 Å². The van der Waals surface area contributed by atoms with Crippen molar-refractivity contribution in [1.82, 2.24) is 0 Å². The average molecular weight is 398 g/mol. The number of carboxylic acid groups (broad SMARTS) is 1. The average Bonchev–Trinajstić information content (AvgIpc) is 2.55. The Bertz CT molecular complexity index is 976. The maximum Gasteiger partial charge on any atom is 0.338 e. The Kier molecular flexibility index (Phi) is 5.86. The van der Waals surface area contributed by atoms with E-state index in [4.69, 9.17) is 16.2 Å². The molecule has 0 spiro atoms. The van der Waals surface area contributed by atoms with Crippen LogP contribution >= 0.6 is 11.6 Å². The Morgan fingerprint density at radius 1 is 1.27 bits per heavy atom. The number of nitrogens with one attached hydrogen (secondary N) is 1. The van der Waals surface area contributed by atoms with E-state index in [1.165, 1.54) is 17.4 Å². The van der Waals surface area contributed by atoms with Gasteiger partial charge in [-0.2, -0.15) is 18.6 Å². The van der Waals surface area contributed by atoms with E-state index in [1.54, 1.807) is 25.1 Å². The van der Waals surface area contributed by atoms with Crippen molar-refractivity contribution in [3.8, 4) is 0 Å². The monoisotopic (exact) mass is 397 g/mol. The summed E-state index contributed by atoms with van der Waals surface area (Å²) in [6.07, 6.45) is 1.43. The molecule has 0 radical (unpaired) electrons. The number of nitrogens with zero attached hydrogens (tertiary/aromatic N) is 2. The molecule has 0 saturated heterocycles. The minimum Gasteiger partial charge on any atom is -0.478 e. The lowest BCUT2D eigenvalue weighted by Crippen LogP contribution is -2.26. The minimum absolute atomic E-state index is 0.0809. The molecule has 0 aliphatic carbocycles. The number of rotatable bonds is 6. The second-order valence-corrected chi connectivity index (χ2v) is 7.07. The van der Waals surface area contributed by atoms with Gasteiger partial charge in [-0.25, -0.2) is 4.79 Å². The smallest absolute Gasteiger partial charge is 0.338 e. The third-order valence-corrected chi connectivity index (χ3v) is 4.45. The first-order chi connectivity index (χ1) is 12.1. The molecular weight excluding hydrogens is 382 g/mol. The lowest BCUT2D eigenvalue weighted by Gasteiger charge is -2.23. The molecule has 0 bridgehead atoms. The summed E-state index contributed by atoms with van der Waals surface area (Å²) in [6.45, 7) is 3.44. The van der Waals surface area contributed by atoms with Crippen LogP contribution in [0.2, 0.25) is 5.02 Å². The molecule has 0 unspecified atom stereocenters. The highest BCUT2D eigenvalue weighted by atomic mass is 35.5. The van der Waals surface area contributed by atoms with Crippen LogP contribution in [0.15, 0.2) is 46.4 Å². The van der Waals surface area contributed by atoms with E-state index in [2.05, 4.69) is 10.5 Å². The van der Waals surface area contributed by atoms with Gasteiger partial charge < -0.3 is 5.11 Å². The van der Waals surface area contributed by atoms with Crippen LogP contribution in [0.25, 0.3) is 0 Å². The predicted octanol–water partition coefficient (Wildman–Crippen LogP) is 3.43. The van der Waals surface area contributed by atoms with Gasteiger partial charge in [-0.3, -0.25) is 9.98 Å². The molecule has 3 N–H and O–H groups in total. The van der Waals surface area contributed by atoms with E-state index in [0.717, 1.165) is 17.7 Å². The van der Waals surface area contributed by atoms with E-state index in [0.29, 0.717) is 10.7 Å². The number of benzene rings is 2. The number of hydrazine groups is 1. The summed E-state index contributed by atoms with van der Waals surface area (Å²) in [5.41, 5.74) is 4.08. The van der Waals surface area contributed by atoms with E-state index in [1.807, 2.05) is 6.92 Å². The quantitative estimate of drug-likeness (QED) is 0.388. The highest BCUT2D eigenvalue weighted by Crippen LogP contribution is 2.27. The molecule has 2 aromatic carbocycles. The number of hydrogen-bond acceptors (Lipinski definition) is 6. The Morgan fingerprint density at radius 2 is 1.96 bits per heavy atom. The van der Waals surface area contributed by atoms with Gasteiger partial charge >= 0.3 is 5.97 Å². The SMILES string of the molecule is CC=NN(Nc1ccc(Cl)cc1C)c1ccc(S(=O)(=O)O)cc1C(=O)O. The molecule has 0 amide bonds. The zero-order valence-corrected chi connectivity index (χ0v) is 15.4. The molecule has 2 aromatic rings. The van der Waals surface area contributed by atoms with Crippen LogP contribution in [-0.4, -0.2) is 30.3 Å². The van der Waals surface area contributed by atoms with Gasteiger partial charge in [-0.15, -0.1) is 0 Å². The topological polar surface area (TPSA) is 119 Å². The second kappa shape index (κ2) is 7.73. The summed E-state index contributed by atoms with van der Waals surface area (Å²) < 4.78 is 31.7. The number of anilines is 2. The molecule has 0 atom stereocenters. The Labute approximate surface area is 155 Å². The third kappa shape index (κ3) is 4.51. The van der Waals surface area contributed by atoms with Gasteiger partial charge in [0.25, 0.3) is 10.1 Å². The minimum atomic E-state index is -4.54. The highest BCUT2D eigenvalue weighted by molar-refractivity contribution is 7.85. The van der Waals surface area contributed by atoms with Gasteiger partial charge in [-0.05, 0) is 55.8 Å². The van der Waals surface area contributed by atoms with Gasteiger partial charge in [0.2, 0.25) is 0 Å². The number of hydrogen-bond donors (Lipinski definition) is 3. The first-order valence-electron chi connectivity index (χ1n) is 7.30. The van der Waals surface area contributed by atoms with Crippen LogP contribution in [-0.2, 0) is 10.1 Å². The summed E-state index contributed by atoms with van der Waals surface area (Å²) in [4.78, 5) is 11.0. The molecule has 0 heterocycles. The zero-order valence-electron chi connectivity index (χ0n) is 13.8. The maximum absolute atomic E-state index is 11.6. The van der Waals surface area contributed by atoms with Crippen molar-refractivity contribution in [2.45, 2.75) is 18.7 Å². The zero-order chi connectivity index (χ0) is 19.5. The molecule has 0 fully saturated rings. The summed E-state index contributed by atoms with van der Waals surface area (Å²) >= 11 is 5.93. The first kappa shape index (κ1) is 19.7. The van der Waals surface area contributed by atoms with E-state index in [-0.39, 0.29) is 11.3 Å². The van der Waals surface area contributed by atoms with Gasteiger partial charge in [0.15, 0.2) is 0 Å². The standard InChI is InChI=1S/C16H16ClN3O5S/c1-3-18-20(19-14-6-4-11(17)8-10(14)2)15-7-5-12(26(23,24)25)9-13(15)16(21)22/h3-9,19H,1-2H3,(H,21,22)(H,23,24,25). The Balaban J connectivity index is 2.54. The fraction of sp³-hybridized carbons (Fsp3) is 0.125. The normalized spacial score (nSPS) is 11.5. The van der Waals surface area contributed by atoms with Crippen LogP contribution in [0.3, 0.4) is 0 Å². The maximum atomic E-state index is 11.6. The number of aryl methyl sites for hydroxylation is 1. The van der Waals surface area contributed by atoms with Crippen molar-refractivity contribution in [1.29, 1.82) is 0 Å². The van der Waals surface area contributed by atoms with Crippen molar-refractivity contribution >= 4 is 45.3 Å². The van der Waals surface area contributed by atoms with Crippen molar-refractivity contribution in [3.63, 3.8) is 0 Å². The molecule has 0 aromatic heterocycles. The third-order valence-electron chi connectivity index (χ3n) is 3.37. The van der Waals surface area contributed by atoms with Crippen molar-refractivity contribution in [2.75, 3.05) is 10.5 Å². The molecule has 0 aliphatic rings. The van der Waals surface area contributed by atoms with E-state index < -0.39 is 21.0 Å². The Hall–Kier alpha value is -2.62. The van der Waals surface area contributed by atoms with Crippen LogP contribution in [0, 0.1) is 6.92 Å². The number of hydrazone groups is 1. The van der Waals surface area contributed by atoms with Crippen LogP contribution in [0.1, 0.15) is 22.8 Å². The second-order valence-electron chi connectivity index (χ2n) is 5.22. The van der Waals surface area contributed by atoms with Crippen LogP contribution in [0.5, 0.6) is 0 Å². The molecule has 8 nitrogen and oxygen atoms in total. The Morgan fingerprint density at radius 3 is 2.50 bits per heavy atom. The van der Waals surface area contributed by atoms with Gasteiger partial charge in [0.1, 0.15) is 0 Å². The number of aromatic carboxylic acids is 1.